The fraction of sp³-hybridized carbons (Fsp3) is 0.207. The number of esters is 1. The van der Waals surface area contributed by atoms with Crippen molar-refractivity contribution in [3.63, 3.8) is 0 Å². The zero-order valence-corrected chi connectivity index (χ0v) is 23.1. The highest BCUT2D eigenvalue weighted by Gasteiger charge is 2.55. The molecule has 11 heteroatoms. The summed E-state index contributed by atoms with van der Waals surface area (Å²) in [6, 6.07) is 26.4. The van der Waals surface area contributed by atoms with Crippen LogP contribution < -0.4 is 5.32 Å². The van der Waals surface area contributed by atoms with E-state index in [9.17, 15) is 22.8 Å². The summed E-state index contributed by atoms with van der Waals surface area (Å²) >= 11 is 1.19. The number of rotatable bonds is 9. The maximum Gasteiger partial charge on any atom is 0.359 e. The minimum absolute atomic E-state index is 0.0155. The van der Waals surface area contributed by atoms with Crippen molar-refractivity contribution < 1.29 is 31.7 Å². The van der Waals surface area contributed by atoms with Crippen LogP contribution in [0.2, 0.25) is 0 Å². The van der Waals surface area contributed by atoms with Crippen molar-refractivity contribution in [2.45, 2.75) is 23.9 Å². The van der Waals surface area contributed by atoms with Crippen LogP contribution in [-0.4, -0.2) is 54.5 Å². The molecule has 1 saturated heterocycles. The summed E-state index contributed by atoms with van der Waals surface area (Å²) in [7, 11) is -4.01. The van der Waals surface area contributed by atoms with Gasteiger partial charge in [-0.15, -0.1) is 11.8 Å². The number of thioether (sulfide) groups is 1. The van der Waals surface area contributed by atoms with Gasteiger partial charge in [-0.05, 0) is 16.7 Å². The molecule has 0 radical (unpaired) electrons. The standard InChI is InChI=1S/C29H26N2O7S2/c1-40(35,36)38-22-18-39-28-24(30-23(32)17-19-11-5-2-6-12-19)27(33)31(28)25(22)29(34)37-26(20-13-7-3-8-14-20)21-15-9-4-10-16-21/h2-16,24,26,28H,17-18H2,1H3,(H,30,32)/t24?,28-/m0/s1. The summed E-state index contributed by atoms with van der Waals surface area (Å²) in [6.07, 6.45) is 0.124. The van der Waals surface area contributed by atoms with Crippen molar-refractivity contribution in [1.82, 2.24) is 10.2 Å². The van der Waals surface area contributed by atoms with E-state index in [0.29, 0.717) is 11.1 Å². The molecule has 0 spiro atoms. The first-order valence-corrected chi connectivity index (χ1v) is 15.3. The predicted octanol–water partition coefficient (Wildman–Crippen LogP) is 3.15. The Balaban J connectivity index is 1.41. The minimum Gasteiger partial charge on any atom is -0.448 e. The topological polar surface area (TPSA) is 119 Å². The minimum atomic E-state index is -4.01. The Morgan fingerprint density at radius 2 is 1.50 bits per heavy atom. The van der Waals surface area contributed by atoms with Gasteiger partial charge in [0.2, 0.25) is 5.91 Å². The maximum atomic E-state index is 13.7. The SMILES string of the molecule is CS(=O)(=O)OC1=C(C(=O)OC(c2ccccc2)c2ccccc2)N2C(=O)C(NC(=O)Cc3ccccc3)[C@@H]2SC1. The van der Waals surface area contributed by atoms with Gasteiger partial charge in [-0.25, -0.2) is 4.79 Å². The molecule has 3 aromatic rings. The Bertz CT molecular complexity index is 1510. The van der Waals surface area contributed by atoms with Crippen LogP contribution in [0.25, 0.3) is 0 Å². The van der Waals surface area contributed by atoms with Crippen molar-refractivity contribution in [3.05, 3.63) is 119 Å². The van der Waals surface area contributed by atoms with E-state index < -0.39 is 39.5 Å². The first-order chi connectivity index (χ1) is 19.2. The number of β-lactam (4-membered cyclic amide) rings is 1. The second-order valence-electron chi connectivity index (χ2n) is 9.28. The molecule has 206 valence electrons. The van der Waals surface area contributed by atoms with Gasteiger partial charge in [0.25, 0.3) is 5.91 Å². The lowest BCUT2D eigenvalue weighted by Crippen LogP contribution is -2.70. The summed E-state index contributed by atoms with van der Waals surface area (Å²) in [5.41, 5.74) is 1.89. The van der Waals surface area contributed by atoms with Crippen LogP contribution in [0.3, 0.4) is 0 Å². The first kappa shape index (κ1) is 27.5. The molecule has 0 saturated carbocycles. The third-order valence-corrected chi connectivity index (χ3v) is 8.09. The summed E-state index contributed by atoms with van der Waals surface area (Å²) in [5, 5.41) is 2.11. The molecule has 9 nitrogen and oxygen atoms in total. The third kappa shape index (κ3) is 6.05. The van der Waals surface area contributed by atoms with E-state index in [2.05, 4.69) is 5.32 Å². The Morgan fingerprint density at radius 3 is 2.05 bits per heavy atom. The van der Waals surface area contributed by atoms with Gasteiger partial charge in [-0.3, -0.25) is 14.5 Å². The number of carbonyl (C=O) groups is 3. The van der Waals surface area contributed by atoms with Crippen molar-refractivity contribution >= 4 is 39.7 Å². The molecule has 5 rings (SSSR count). The van der Waals surface area contributed by atoms with Gasteiger partial charge < -0.3 is 14.2 Å². The summed E-state index contributed by atoms with van der Waals surface area (Å²) in [6.45, 7) is 0. The molecule has 40 heavy (non-hydrogen) atoms. The lowest BCUT2D eigenvalue weighted by atomic mass is 10.0. The number of hydrogen-bond donors (Lipinski definition) is 1. The molecule has 0 aromatic heterocycles. The molecule has 0 aliphatic carbocycles. The second kappa shape index (κ2) is 11.6. The Labute approximate surface area is 236 Å². The van der Waals surface area contributed by atoms with E-state index in [0.717, 1.165) is 16.7 Å². The van der Waals surface area contributed by atoms with E-state index in [1.807, 2.05) is 66.7 Å². The zero-order valence-electron chi connectivity index (χ0n) is 21.4. The Hall–Kier alpha value is -4.09. The first-order valence-electron chi connectivity index (χ1n) is 12.4. The van der Waals surface area contributed by atoms with E-state index in [1.54, 1.807) is 24.3 Å². The molecule has 1 unspecified atom stereocenters. The molecule has 2 heterocycles. The van der Waals surface area contributed by atoms with Crippen molar-refractivity contribution in [3.8, 4) is 0 Å². The Kier molecular flexibility index (Phi) is 7.95. The summed E-state index contributed by atoms with van der Waals surface area (Å²) < 4.78 is 35.1. The van der Waals surface area contributed by atoms with Crippen molar-refractivity contribution in [1.29, 1.82) is 0 Å². The van der Waals surface area contributed by atoms with Crippen molar-refractivity contribution in [2.75, 3.05) is 12.0 Å². The Morgan fingerprint density at radius 1 is 0.950 bits per heavy atom. The molecule has 2 aliphatic rings. The fourth-order valence-electron chi connectivity index (χ4n) is 4.58. The number of fused-ring (bicyclic) bond motifs is 1. The van der Waals surface area contributed by atoms with Crippen LogP contribution >= 0.6 is 11.8 Å². The monoisotopic (exact) mass is 578 g/mol. The molecule has 2 aliphatic heterocycles. The van der Waals surface area contributed by atoms with E-state index in [-0.39, 0.29) is 29.5 Å². The zero-order chi connectivity index (χ0) is 28.3. The van der Waals surface area contributed by atoms with E-state index in [4.69, 9.17) is 8.92 Å². The number of hydrogen-bond acceptors (Lipinski definition) is 8. The number of carbonyl (C=O) groups excluding carboxylic acids is 3. The number of nitrogens with zero attached hydrogens (tertiary/aromatic N) is 1. The summed E-state index contributed by atoms with van der Waals surface area (Å²) in [4.78, 5) is 40.8. The maximum absolute atomic E-state index is 13.7. The van der Waals surface area contributed by atoms with Crippen LogP contribution in [0.1, 0.15) is 22.8 Å². The lowest BCUT2D eigenvalue weighted by molar-refractivity contribution is -0.155. The van der Waals surface area contributed by atoms with Gasteiger partial charge in [0.05, 0.1) is 18.4 Å². The molecular weight excluding hydrogens is 552 g/mol. The molecule has 0 bridgehead atoms. The van der Waals surface area contributed by atoms with Gasteiger partial charge in [0.15, 0.2) is 17.6 Å². The number of amides is 2. The van der Waals surface area contributed by atoms with Crippen LogP contribution in [0.15, 0.2) is 102 Å². The smallest absolute Gasteiger partial charge is 0.359 e. The fourth-order valence-corrected chi connectivity index (χ4v) is 6.41. The largest absolute Gasteiger partial charge is 0.448 e. The third-order valence-electron chi connectivity index (χ3n) is 6.33. The predicted molar refractivity (Wildman–Crippen MR) is 149 cm³/mol. The average molecular weight is 579 g/mol. The molecule has 1 fully saturated rings. The van der Waals surface area contributed by atoms with Crippen LogP contribution in [0.4, 0.5) is 0 Å². The normalized spacial score (nSPS) is 18.6. The van der Waals surface area contributed by atoms with Crippen LogP contribution in [-0.2, 0) is 39.8 Å². The van der Waals surface area contributed by atoms with Gasteiger partial charge in [0.1, 0.15) is 11.4 Å². The van der Waals surface area contributed by atoms with E-state index in [1.165, 1.54) is 11.8 Å². The van der Waals surface area contributed by atoms with Crippen molar-refractivity contribution in [2.24, 2.45) is 0 Å². The lowest BCUT2D eigenvalue weighted by Gasteiger charge is -2.49. The average Bonchev–Trinajstić information content (AvgIpc) is 2.95. The van der Waals surface area contributed by atoms with Gasteiger partial charge in [-0.2, -0.15) is 8.42 Å². The quantitative estimate of drug-likeness (QED) is 0.234. The number of benzene rings is 3. The van der Waals surface area contributed by atoms with Gasteiger partial charge >= 0.3 is 16.1 Å². The second-order valence-corrected chi connectivity index (χ2v) is 12.0. The highest BCUT2D eigenvalue weighted by Crippen LogP contribution is 2.42. The number of nitrogens with one attached hydrogen (secondary N) is 1. The highest BCUT2D eigenvalue weighted by atomic mass is 32.2. The molecule has 1 N–H and O–H groups in total. The molecule has 2 amide bonds. The molecule has 2 atom stereocenters. The molecule has 3 aromatic carbocycles. The van der Waals surface area contributed by atoms with Gasteiger partial charge in [-0.1, -0.05) is 91.0 Å². The van der Waals surface area contributed by atoms with Crippen LogP contribution in [0, 0.1) is 0 Å². The van der Waals surface area contributed by atoms with Gasteiger partial charge in [0, 0.05) is 0 Å². The highest BCUT2D eigenvalue weighted by molar-refractivity contribution is 8.00. The van der Waals surface area contributed by atoms with Crippen LogP contribution in [0.5, 0.6) is 0 Å². The summed E-state index contributed by atoms with van der Waals surface area (Å²) in [5.74, 6) is -2.03. The van der Waals surface area contributed by atoms with E-state index >= 15 is 0 Å². The number of ether oxygens (including phenoxy) is 1. The molecular formula is C29H26N2O7S2.